The molecular weight excluding hydrogens is 889 g/mol. The van der Waals surface area contributed by atoms with Gasteiger partial charge >= 0.3 is 30.3 Å². The maximum absolute atomic E-state index is 14.1. The number of hydrogen-bond donors (Lipinski definition) is 6. The molecule has 4 aromatic rings. The van der Waals surface area contributed by atoms with Gasteiger partial charge < -0.3 is 55.6 Å². The minimum absolute atomic E-state index is 0.0573. The summed E-state index contributed by atoms with van der Waals surface area (Å²) < 4.78 is 26.2. The van der Waals surface area contributed by atoms with Gasteiger partial charge in [0.15, 0.2) is 0 Å². The Bertz CT molecular complexity index is 2150. The van der Waals surface area contributed by atoms with Crippen molar-refractivity contribution in [2.24, 2.45) is 0 Å². The average molecular weight is 953 g/mol. The molecule has 0 aliphatic carbocycles. The van der Waals surface area contributed by atoms with E-state index in [4.69, 9.17) is 23.7 Å². The summed E-state index contributed by atoms with van der Waals surface area (Å²) in [6.07, 6.45) is 0.0341. The van der Waals surface area contributed by atoms with Gasteiger partial charge in [0.1, 0.15) is 44.6 Å². The molecule has 0 aromatic heterocycles. The molecule has 0 fully saturated rings. The molecule has 0 aliphatic rings. The Hall–Kier alpha value is -7.63. The molecule has 0 saturated carbocycles. The molecule has 4 rings (SSSR count). The van der Waals surface area contributed by atoms with Gasteiger partial charge in [0, 0.05) is 19.6 Å². The van der Waals surface area contributed by atoms with Crippen molar-refractivity contribution in [3.05, 3.63) is 144 Å². The number of carbonyl (C=O) groups excluding carboxylic acids is 7. The van der Waals surface area contributed by atoms with Crippen molar-refractivity contribution < 1.29 is 57.2 Å². The predicted octanol–water partition coefficient (Wildman–Crippen LogP) is 6.71. The second-order valence-corrected chi connectivity index (χ2v) is 15.9. The quantitative estimate of drug-likeness (QED) is 0.0189. The number of alkyl carbamates (subject to hydrolysis) is 4. The number of unbranched alkanes of at least 4 members (excludes halogenated alkanes) is 3. The Morgan fingerprint density at radius 2 is 0.667 bits per heavy atom. The molecule has 6 amide bonds. The number of carbonyl (C=O) groups is 7. The first-order valence-electron chi connectivity index (χ1n) is 23.1. The van der Waals surface area contributed by atoms with Crippen LogP contribution in [-0.2, 0) is 64.5 Å². The van der Waals surface area contributed by atoms with Crippen LogP contribution in [0.3, 0.4) is 0 Å². The average Bonchev–Trinajstić information content (AvgIpc) is 3.37. The van der Waals surface area contributed by atoms with Crippen molar-refractivity contribution in [3.63, 3.8) is 0 Å². The SMILES string of the molecule is COC(=O)[C@H](CCCCNC(=O)OCc1ccccc1)NC(=O)[C@H](CCCCNC(=O)OCc1ccccc1)NC(=O)[C@H](CCCCNC(=O)OCc1ccccc1)NC(=O)OCc1ccccc1. The Kier molecular flexibility index (Phi) is 25.1. The summed E-state index contributed by atoms with van der Waals surface area (Å²) in [5.41, 5.74) is 3.23. The third-order valence-corrected chi connectivity index (χ3v) is 10.5. The molecule has 0 radical (unpaired) electrons. The van der Waals surface area contributed by atoms with E-state index < -0.39 is 60.3 Å². The lowest BCUT2D eigenvalue weighted by Gasteiger charge is -2.25. The highest BCUT2D eigenvalue weighted by Gasteiger charge is 2.30. The summed E-state index contributed by atoms with van der Waals surface area (Å²) >= 11 is 0. The van der Waals surface area contributed by atoms with Gasteiger partial charge in [-0.05, 0) is 80.0 Å². The smallest absolute Gasteiger partial charge is 0.408 e. The lowest BCUT2D eigenvalue weighted by Crippen LogP contribution is -2.56. The summed E-state index contributed by atoms with van der Waals surface area (Å²) in [6, 6.07) is 33.2. The van der Waals surface area contributed by atoms with Crippen LogP contribution in [0.25, 0.3) is 0 Å². The predicted molar refractivity (Wildman–Crippen MR) is 255 cm³/mol. The number of rotatable bonds is 29. The highest BCUT2D eigenvalue weighted by Crippen LogP contribution is 2.11. The van der Waals surface area contributed by atoms with Gasteiger partial charge in [-0.2, -0.15) is 0 Å². The van der Waals surface area contributed by atoms with Gasteiger partial charge in [0.25, 0.3) is 0 Å². The fourth-order valence-corrected chi connectivity index (χ4v) is 6.69. The van der Waals surface area contributed by atoms with E-state index in [1.807, 2.05) is 97.1 Å². The summed E-state index contributed by atoms with van der Waals surface area (Å²) in [5.74, 6) is -2.08. The third kappa shape index (κ3) is 23.1. The van der Waals surface area contributed by atoms with Gasteiger partial charge in [0.05, 0.1) is 7.11 Å². The maximum atomic E-state index is 14.1. The van der Waals surface area contributed by atoms with E-state index in [2.05, 4.69) is 31.9 Å². The zero-order valence-corrected chi connectivity index (χ0v) is 39.0. The minimum Gasteiger partial charge on any atom is -0.467 e. The normalized spacial score (nSPS) is 11.8. The van der Waals surface area contributed by atoms with E-state index in [-0.39, 0.29) is 65.3 Å². The fraction of sp³-hybridized carbons (Fsp3) is 0.392. The van der Waals surface area contributed by atoms with Crippen molar-refractivity contribution in [3.8, 4) is 0 Å². The van der Waals surface area contributed by atoms with Gasteiger partial charge in [-0.3, -0.25) is 9.59 Å². The Morgan fingerprint density at radius 3 is 1.00 bits per heavy atom. The molecule has 0 bridgehead atoms. The highest BCUT2D eigenvalue weighted by atomic mass is 16.6. The standard InChI is InChI=1S/C51H64N6O12/c1-65-47(60)44(30-16-19-33-54-50(63)68-36-40-24-10-4-11-25-40)56-45(58)42(28-14-17-31-52-48(61)66-34-38-20-6-2-7-21-38)55-46(59)43(57-51(64)69-37-41-26-12-5-13-27-41)29-15-18-32-53-49(62)67-35-39-22-8-3-9-23-39/h2-13,20-27,42-44H,14-19,28-37H2,1H3,(H,52,61)(H,53,62)(H,54,63)(H,55,59)(H,56,58)(H,57,64)/t42-,43-,44-/m0/s1. The van der Waals surface area contributed by atoms with E-state index in [0.29, 0.717) is 38.5 Å². The molecule has 18 heteroatoms. The first-order valence-corrected chi connectivity index (χ1v) is 23.1. The largest absolute Gasteiger partial charge is 0.467 e. The topological polar surface area (TPSA) is 238 Å². The van der Waals surface area contributed by atoms with Crippen molar-refractivity contribution in [1.82, 2.24) is 31.9 Å². The molecule has 0 aliphatic heterocycles. The van der Waals surface area contributed by atoms with Crippen molar-refractivity contribution in [2.45, 2.75) is 102 Å². The molecule has 69 heavy (non-hydrogen) atoms. The summed E-state index contributed by atoms with van der Waals surface area (Å²) in [4.78, 5) is 91.0. The molecule has 370 valence electrons. The number of methoxy groups -OCH3 is 1. The lowest BCUT2D eigenvalue weighted by atomic mass is 10.0. The number of esters is 1. The van der Waals surface area contributed by atoms with Crippen molar-refractivity contribution >= 4 is 42.2 Å². The number of nitrogens with one attached hydrogen (secondary N) is 6. The van der Waals surface area contributed by atoms with Crippen LogP contribution in [0.15, 0.2) is 121 Å². The molecule has 0 spiro atoms. The van der Waals surface area contributed by atoms with Crippen molar-refractivity contribution in [1.29, 1.82) is 0 Å². The number of amides is 6. The second-order valence-electron chi connectivity index (χ2n) is 15.9. The van der Waals surface area contributed by atoms with E-state index in [9.17, 15) is 33.6 Å². The zero-order valence-electron chi connectivity index (χ0n) is 39.0. The first kappa shape index (κ1) is 54.0. The molecular formula is C51H64N6O12. The number of hydrogen-bond acceptors (Lipinski definition) is 12. The second kappa shape index (κ2) is 32.1. The molecule has 0 unspecified atom stereocenters. The molecule has 0 heterocycles. The summed E-state index contributed by atoms with van der Waals surface area (Å²) in [5, 5.41) is 16.1. The lowest BCUT2D eigenvalue weighted by molar-refractivity contribution is -0.145. The minimum atomic E-state index is -1.19. The first-order chi connectivity index (χ1) is 33.6. The molecule has 6 N–H and O–H groups in total. The molecule has 4 aromatic carbocycles. The van der Waals surface area contributed by atoms with E-state index in [1.165, 1.54) is 7.11 Å². The molecule has 0 saturated heterocycles. The van der Waals surface area contributed by atoms with E-state index in [1.54, 1.807) is 24.3 Å². The van der Waals surface area contributed by atoms with Crippen LogP contribution in [0.1, 0.15) is 80.0 Å². The highest BCUT2D eigenvalue weighted by molar-refractivity contribution is 5.93. The monoisotopic (exact) mass is 952 g/mol. The van der Waals surface area contributed by atoms with Crippen molar-refractivity contribution in [2.75, 3.05) is 26.7 Å². The van der Waals surface area contributed by atoms with Crippen LogP contribution in [0.5, 0.6) is 0 Å². The van der Waals surface area contributed by atoms with Gasteiger partial charge in [-0.1, -0.05) is 121 Å². The fourth-order valence-electron chi connectivity index (χ4n) is 6.69. The number of benzene rings is 4. The Balaban J connectivity index is 1.36. The van der Waals surface area contributed by atoms with Crippen LogP contribution in [0, 0.1) is 0 Å². The molecule has 3 atom stereocenters. The van der Waals surface area contributed by atoms with Gasteiger partial charge in [0.2, 0.25) is 11.8 Å². The van der Waals surface area contributed by atoms with Crippen LogP contribution in [0.4, 0.5) is 19.2 Å². The summed E-state index contributed by atoms with van der Waals surface area (Å²) in [6.45, 7) is 0.924. The van der Waals surface area contributed by atoms with Crippen LogP contribution < -0.4 is 31.9 Å². The van der Waals surface area contributed by atoms with E-state index in [0.717, 1.165) is 22.3 Å². The Morgan fingerprint density at radius 1 is 0.377 bits per heavy atom. The van der Waals surface area contributed by atoms with E-state index >= 15 is 0 Å². The Labute approximate surface area is 402 Å². The third-order valence-electron chi connectivity index (χ3n) is 10.5. The number of ether oxygens (including phenoxy) is 5. The molecule has 18 nitrogen and oxygen atoms in total. The maximum Gasteiger partial charge on any atom is 0.408 e. The van der Waals surface area contributed by atoms with Gasteiger partial charge in [-0.15, -0.1) is 0 Å². The summed E-state index contributed by atoms with van der Waals surface area (Å²) in [7, 11) is 1.19. The van der Waals surface area contributed by atoms with Crippen LogP contribution >= 0.6 is 0 Å². The zero-order chi connectivity index (χ0) is 49.3. The van der Waals surface area contributed by atoms with Gasteiger partial charge in [-0.25, -0.2) is 24.0 Å². The van der Waals surface area contributed by atoms with Crippen LogP contribution in [0.2, 0.25) is 0 Å². The van der Waals surface area contributed by atoms with Crippen LogP contribution in [-0.4, -0.2) is 87.0 Å².